The van der Waals surface area contributed by atoms with E-state index in [2.05, 4.69) is 29.2 Å². The molecule has 16 heavy (non-hydrogen) atoms. The summed E-state index contributed by atoms with van der Waals surface area (Å²) in [5, 5.41) is 11.1. The second kappa shape index (κ2) is 3.87. The van der Waals surface area contributed by atoms with Crippen LogP contribution in [0.15, 0.2) is 36.5 Å². The van der Waals surface area contributed by atoms with Gasteiger partial charge in [0.2, 0.25) is 0 Å². The number of aliphatic hydroxyl groups excluding tert-OH is 1. The van der Waals surface area contributed by atoms with Gasteiger partial charge in [0, 0.05) is 17.5 Å². The van der Waals surface area contributed by atoms with Gasteiger partial charge in [-0.25, -0.2) is 0 Å². The minimum atomic E-state index is -0.158. The van der Waals surface area contributed by atoms with E-state index in [0.717, 1.165) is 24.8 Å². The molecule has 0 saturated heterocycles. The molecule has 1 aromatic heterocycles. The Kier molecular flexibility index (Phi) is 2.37. The van der Waals surface area contributed by atoms with Crippen molar-refractivity contribution in [2.45, 2.75) is 31.3 Å². The number of hydrogen-bond donors (Lipinski definition) is 1. The molecule has 0 spiro atoms. The predicted molar refractivity (Wildman–Crippen MR) is 64.3 cm³/mol. The summed E-state index contributed by atoms with van der Waals surface area (Å²) in [4.78, 5) is 4.31. The third-order valence-electron chi connectivity index (χ3n) is 3.53. The maximum atomic E-state index is 9.90. The van der Waals surface area contributed by atoms with Gasteiger partial charge in [-0.1, -0.05) is 18.6 Å². The first-order valence-corrected chi connectivity index (χ1v) is 5.87. The molecular formula is C14H15NO. The van der Waals surface area contributed by atoms with Gasteiger partial charge in [-0.2, -0.15) is 0 Å². The van der Waals surface area contributed by atoms with Crippen molar-refractivity contribution >= 4 is 10.9 Å². The summed E-state index contributed by atoms with van der Waals surface area (Å²) in [5.74, 6) is 0.324. The molecular weight excluding hydrogens is 198 g/mol. The quantitative estimate of drug-likeness (QED) is 0.790. The lowest BCUT2D eigenvalue weighted by atomic mass is 9.94. The molecule has 2 atom stereocenters. The third kappa shape index (κ3) is 1.59. The van der Waals surface area contributed by atoms with E-state index in [1.165, 1.54) is 10.9 Å². The molecule has 0 aliphatic heterocycles. The van der Waals surface area contributed by atoms with Gasteiger partial charge in [0.15, 0.2) is 0 Å². The lowest BCUT2D eigenvalue weighted by Crippen LogP contribution is -2.10. The van der Waals surface area contributed by atoms with Gasteiger partial charge in [-0.05, 0) is 36.6 Å². The van der Waals surface area contributed by atoms with Gasteiger partial charge in [0.1, 0.15) is 0 Å². The number of hydrogen-bond acceptors (Lipinski definition) is 2. The Hall–Kier alpha value is -1.41. The van der Waals surface area contributed by atoms with Crippen molar-refractivity contribution in [1.82, 2.24) is 4.98 Å². The maximum absolute atomic E-state index is 9.90. The van der Waals surface area contributed by atoms with E-state index in [-0.39, 0.29) is 6.10 Å². The smallest absolute Gasteiger partial charge is 0.0702 e. The Morgan fingerprint density at radius 1 is 1.19 bits per heavy atom. The van der Waals surface area contributed by atoms with E-state index < -0.39 is 0 Å². The maximum Gasteiger partial charge on any atom is 0.0702 e. The molecule has 82 valence electrons. The highest BCUT2D eigenvalue weighted by atomic mass is 16.3. The van der Waals surface area contributed by atoms with Crippen LogP contribution in [-0.2, 0) is 0 Å². The number of rotatable bonds is 1. The first-order chi connectivity index (χ1) is 7.84. The van der Waals surface area contributed by atoms with Gasteiger partial charge in [-0.3, -0.25) is 4.98 Å². The number of nitrogens with zero attached hydrogens (tertiary/aromatic N) is 1. The second-order valence-corrected chi connectivity index (χ2v) is 4.56. The Bertz CT molecular complexity index is 509. The van der Waals surface area contributed by atoms with Crippen molar-refractivity contribution in [2.75, 3.05) is 0 Å². The van der Waals surface area contributed by atoms with Gasteiger partial charge in [0.25, 0.3) is 0 Å². The molecule has 1 saturated carbocycles. The van der Waals surface area contributed by atoms with Crippen LogP contribution in [0, 0.1) is 0 Å². The van der Waals surface area contributed by atoms with E-state index >= 15 is 0 Å². The normalized spacial score (nSPS) is 25.1. The molecule has 2 nitrogen and oxygen atoms in total. The summed E-state index contributed by atoms with van der Waals surface area (Å²) >= 11 is 0. The van der Waals surface area contributed by atoms with Crippen molar-refractivity contribution in [2.24, 2.45) is 0 Å². The average molecular weight is 213 g/mol. The molecule has 2 heteroatoms. The molecule has 1 fully saturated rings. The van der Waals surface area contributed by atoms with E-state index in [1.54, 1.807) is 0 Å². The van der Waals surface area contributed by atoms with Crippen LogP contribution in [0.3, 0.4) is 0 Å². The summed E-state index contributed by atoms with van der Waals surface area (Å²) in [6.07, 6.45) is 4.83. The lowest BCUT2D eigenvalue weighted by Gasteiger charge is -2.15. The number of aromatic nitrogens is 1. The van der Waals surface area contributed by atoms with Crippen molar-refractivity contribution < 1.29 is 5.11 Å². The van der Waals surface area contributed by atoms with Crippen molar-refractivity contribution in [3.63, 3.8) is 0 Å². The monoisotopic (exact) mass is 213 g/mol. The molecule has 2 unspecified atom stereocenters. The minimum Gasteiger partial charge on any atom is -0.392 e. The summed E-state index contributed by atoms with van der Waals surface area (Å²) < 4.78 is 0. The molecule has 0 amide bonds. The van der Waals surface area contributed by atoms with Crippen LogP contribution in [0.2, 0.25) is 0 Å². The zero-order valence-electron chi connectivity index (χ0n) is 9.13. The van der Waals surface area contributed by atoms with Crippen LogP contribution in [0.5, 0.6) is 0 Å². The molecule has 3 rings (SSSR count). The molecule has 2 aromatic rings. The Balaban J connectivity index is 2.04. The lowest BCUT2D eigenvalue weighted by molar-refractivity contribution is 0.164. The van der Waals surface area contributed by atoms with Crippen LogP contribution in [0.25, 0.3) is 10.9 Å². The molecule has 1 heterocycles. The van der Waals surface area contributed by atoms with Gasteiger partial charge >= 0.3 is 0 Å². The molecule has 1 aliphatic carbocycles. The summed E-state index contributed by atoms with van der Waals surface area (Å²) in [7, 11) is 0. The SMILES string of the molecule is OC1CCCC1c1ccc2ncccc2c1. The van der Waals surface area contributed by atoms with Gasteiger partial charge < -0.3 is 5.11 Å². The van der Waals surface area contributed by atoms with Crippen LogP contribution in [0.4, 0.5) is 0 Å². The van der Waals surface area contributed by atoms with E-state index in [4.69, 9.17) is 0 Å². The molecule has 1 aliphatic rings. The highest BCUT2D eigenvalue weighted by Crippen LogP contribution is 2.35. The van der Waals surface area contributed by atoms with Gasteiger partial charge in [0.05, 0.1) is 11.6 Å². The number of pyridine rings is 1. The van der Waals surface area contributed by atoms with Gasteiger partial charge in [-0.15, -0.1) is 0 Å². The number of benzene rings is 1. The molecule has 0 radical (unpaired) electrons. The fourth-order valence-corrected chi connectivity index (χ4v) is 2.65. The highest BCUT2D eigenvalue weighted by molar-refractivity contribution is 5.79. The number of fused-ring (bicyclic) bond motifs is 1. The van der Waals surface area contributed by atoms with Crippen LogP contribution in [0.1, 0.15) is 30.7 Å². The number of aliphatic hydroxyl groups is 1. The Morgan fingerprint density at radius 3 is 2.94 bits per heavy atom. The largest absolute Gasteiger partial charge is 0.392 e. The molecule has 1 aromatic carbocycles. The van der Waals surface area contributed by atoms with Crippen LogP contribution >= 0.6 is 0 Å². The Morgan fingerprint density at radius 2 is 2.12 bits per heavy atom. The van der Waals surface area contributed by atoms with E-state index in [0.29, 0.717) is 5.92 Å². The Labute approximate surface area is 94.9 Å². The standard InChI is InChI=1S/C14H15NO/c16-14-5-1-4-12(14)10-6-7-13-11(9-10)3-2-8-15-13/h2-3,6-9,12,14,16H,1,4-5H2. The van der Waals surface area contributed by atoms with Crippen molar-refractivity contribution in [3.8, 4) is 0 Å². The van der Waals surface area contributed by atoms with Crippen LogP contribution in [-0.4, -0.2) is 16.2 Å². The average Bonchev–Trinajstić information content (AvgIpc) is 2.75. The second-order valence-electron chi connectivity index (χ2n) is 4.56. The van der Waals surface area contributed by atoms with Crippen molar-refractivity contribution in [1.29, 1.82) is 0 Å². The topological polar surface area (TPSA) is 33.1 Å². The predicted octanol–water partition coefficient (Wildman–Crippen LogP) is 2.86. The van der Waals surface area contributed by atoms with E-state index in [9.17, 15) is 5.11 Å². The summed E-state index contributed by atoms with van der Waals surface area (Å²) in [5.41, 5.74) is 2.28. The van der Waals surface area contributed by atoms with Crippen LogP contribution < -0.4 is 0 Å². The third-order valence-corrected chi connectivity index (χ3v) is 3.53. The molecule has 0 bridgehead atoms. The summed E-state index contributed by atoms with van der Waals surface area (Å²) in [6.45, 7) is 0. The van der Waals surface area contributed by atoms with Crippen molar-refractivity contribution in [3.05, 3.63) is 42.1 Å². The zero-order valence-corrected chi connectivity index (χ0v) is 9.13. The highest BCUT2D eigenvalue weighted by Gasteiger charge is 2.26. The first kappa shape index (κ1) is 9.79. The first-order valence-electron chi connectivity index (χ1n) is 5.87. The zero-order chi connectivity index (χ0) is 11.0. The van der Waals surface area contributed by atoms with E-state index in [1.807, 2.05) is 12.3 Å². The fourth-order valence-electron chi connectivity index (χ4n) is 2.65. The fraction of sp³-hybridized carbons (Fsp3) is 0.357. The molecule has 1 N–H and O–H groups in total. The summed E-state index contributed by atoms with van der Waals surface area (Å²) in [6, 6.07) is 10.4. The minimum absolute atomic E-state index is 0.158.